The van der Waals surface area contributed by atoms with Crippen molar-refractivity contribution in [1.82, 2.24) is 4.98 Å². The zero-order valence-corrected chi connectivity index (χ0v) is 16.4. The molecule has 0 aliphatic carbocycles. The SMILES string of the molecule is CCCCCOc1ccc(S(=O)(=O)Nc2cccc(C)n2)c2ccccc12. The van der Waals surface area contributed by atoms with Crippen LogP contribution in [-0.2, 0) is 10.0 Å². The van der Waals surface area contributed by atoms with E-state index >= 15 is 0 Å². The Morgan fingerprint density at radius 2 is 1.74 bits per heavy atom. The Morgan fingerprint density at radius 3 is 2.48 bits per heavy atom. The monoisotopic (exact) mass is 384 g/mol. The van der Waals surface area contributed by atoms with Crippen molar-refractivity contribution in [2.45, 2.75) is 38.0 Å². The predicted octanol–water partition coefficient (Wildman–Crippen LogP) is 4.91. The highest BCUT2D eigenvalue weighted by molar-refractivity contribution is 7.93. The molecule has 0 amide bonds. The lowest BCUT2D eigenvalue weighted by Gasteiger charge is -2.14. The highest BCUT2D eigenvalue weighted by Gasteiger charge is 2.19. The summed E-state index contributed by atoms with van der Waals surface area (Å²) in [5.74, 6) is 1.01. The summed E-state index contributed by atoms with van der Waals surface area (Å²) >= 11 is 0. The maximum Gasteiger partial charge on any atom is 0.263 e. The Kier molecular flexibility index (Phi) is 5.96. The van der Waals surface area contributed by atoms with Crippen LogP contribution < -0.4 is 9.46 Å². The van der Waals surface area contributed by atoms with Gasteiger partial charge in [-0.2, -0.15) is 0 Å². The smallest absolute Gasteiger partial charge is 0.263 e. The number of anilines is 1. The summed E-state index contributed by atoms with van der Waals surface area (Å²) in [6.45, 7) is 4.58. The molecule has 0 aliphatic rings. The quantitative estimate of drug-likeness (QED) is 0.560. The van der Waals surface area contributed by atoms with Gasteiger partial charge < -0.3 is 4.74 Å². The molecule has 142 valence electrons. The van der Waals surface area contributed by atoms with Gasteiger partial charge in [0.2, 0.25) is 0 Å². The Bertz CT molecular complexity index is 1030. The third-order valence-electron chi connectivity index (χ3n) is 4.27. The molecule has 1 aromatic heterocycles. The fraction of sp³-hybridized carbons (Fsp3) is 0.286. The fourth-order valence-corrected chi connectivity index (χ4v) is 4.14. The van der Waals surface area contributed by atoms with Crippen LogP contribution in [0.1, 0.15) is 31.9 Å². The van der Waals surface area contributed by atoms with Crippen LogP contribution in [-0.4, -0.2) is 20.0 Å². The van der Waals surface area contributed by atoms with Crippen LogP contribution in [0.2, 0.25) is 0 Å². The minimum absolute atomic E-state index is 0.210. The van der Waals surface area contributed by atoms with E-state index in [0.717, 1.165) is 30.3 Å². The van der Waals surface area contributed by atoms with Crippen LogP contribution >= 0.6 is 0 Å². The zero-order chi connectivity index (χ0) is 19.3. The molecule has 5 nitrogen and oxygen atoms in total. The largest absolute Gasteiger partial charge is 0.493 e. The summed E-state index contributed by atoms with van der Waals surface area (Å²) in [6.07, 6.45) is 3.21. The van der Waals surface area contributed by atoms with E-state index in [1.165, 1.54) is 0 Å². The Balaban J connectivity index is 1.95. The lowest BCUT2D eigenvalue weighted by molar-refractivity contribution is 0.309. The Labute approximate surface area is 160 Å². The first-order valence-corrected chi connectivity index (χ1v) is 10.6. The van der Waals surface area contributed by atoms with Crippen molar-refractivity contribution in [2.24, 2.45) is 0 Å². The van der Waals surface area contributed by atoms with Gasteiger partial charge in [-0.25, -0.2) is 13.4 Å². The van der Waals surface area contributed by atoms with Crippen LogP contribution in [0.4, 0.5) is 5.82 Å². The first kappa shape index (κ1) is 19.2. The van der Waals surface area contributed by atoms with Gasteiger partial charge in [-0.05, 0) is 37.6 Å². The molecule has 3 aromatic rings. The number of hydrogen-bond donors (Lipinski definition) is 1. The number of benzene rings is 2. The second-order valence-electron chi connectivity index (χ2n) is 6.43. The van der Waals surface area contributed by atoms with Crippen LogP contribution in [0, 0.1) is 6.92 Å². The predicted molar refractivity (Wildman–Crippen MR) is 109 cm³/mol. The molecule has 0 aliphatic heterocycles. The van der Waals surface area contributed by atoms with Crippen molar-refractivity contribution >= 4 is 26.6 Å². The summed E-state index contributed by atoms with van der Waals surface area (Å²) < 4.78 is 34.4. The van der Waals surface area contributed by atoms with Crippen molar-refractivity contribution in [3.05, 3.63) is 60.3 Å². The zero-order valence-electron chi connectivity index (χ0n) is 15.6. The number of aryl methyl sites for hydroxylation is 1. The number of rotatable bonds is 8. The van der Waals surface area contributed by atoms with E-state index in [1.807, 2.05) is 31.2 Å². The average Bonchev–Trinajstić information content (AvgIpc) is 2.64. The molecule has 0 saturated heterocycles. The molecule has 0 saturated carbocycles. The number of fused-ring (bicyclic) bond motifs is 1. The number of nitrogens with one attached hydrogen (secondary N) is 1. The molecule has 1 N–H and O–H groups in total. The minimum atomic E-state index is -3.77. The Morgan fingerprint density at radius 1 is 0.963 bits per heavy atom. The van der Waals surface area contributed by atoms with Crippen LogP contribution in [0.25, 0.3) is 10.8 Å². The Hall–Kier alpha value is -2.60. The van der Waals surface area contributed by atoms with Gasteiger partial charge in [0.25, 0.3) is 10.0 Å². The van der Waals surface area contributed by atoms with E-state index in [0.29, 0.717) is 23.6 Å². The summed E-state index contributed by atoms with van der Waals surface area (Å²) in [7, 11) is -3.77. The van der Waals surface area contributed by atoms with Gasteiger partial charge in [-0.15, -0.1) is 0 Å². The molecule has 1 heterocycles. The number of sulfonamides is 1. The van der Waals surface area contributed by atoms with Gasteiger partial charge in [0.1, 0.15) is 11.6 Å². The normalized spacial score (nSPS) is 11.5. The molecule has 6 heteroatoms. The molecule has 3 rings (SSSR count). The van der Waals surface area contributed by atoms with Crippen molar-refractivity contribution in [2.75, 3.05) is 11.3 Å². The van der Waals surface area contributed by atoms with Crippen molar-refractivity contribution in [3.8, 4) is 5.75 Å². The number of unbranched alkanes of at least 4 members (excludes halogenated alkanes) is 2. The van der Waals surface area contributed by atoms with Gasteiger partial charge in [0.05, 0.1) is 11.5 Å². The second kappa shape index (κ2) is 8.39. The third-order valence-corrected chi connectivity index (χ3v) is 5.68. The highest BCUT2D eigenvalue weighted by Crippen LogP contribution is 2.32. The average molecular weight is 385 g/mol. The van der Waals surface area contributed by atoms with Crippen molar-refractivity contribution in [3.63, 3.8) is 0 Å². The van der Waals surface area contributed by atoms with E-state index < -0.39 is 10.0 Å². The van der Waals surface area contributed by atoms with Gasteiger partial charge in [-0.3, -0.25) is 4.72 Å². The number of ether oxygens (including phenoxy) is 1. The topological polar surface area (TPSA) is 68.3 Å². The molecule has 0 spiro atoms. The number of hydrogen-bond acceptors (Lipinski definition) is 4. The maximum atomic E-state index is 12.9. The van der Waals surface area contributed by atoms with Crippen LogP contribution in [0.5, 0.6) is 5.75 Å². The standard InChI is InChI=1S/C21H24N2O3S/c1-3-4-7-15-26-19-13-14-20(18-11-6-5-10-17(18)19)27(24,25)23-21-12-8-9-16(2)22-21/h5-6,8-14H,3-4,7,15H2,1-2H3,(H,22,23). The van der Waals surface area contributed by atoms with Gasteiger partial charge in [0, 0.05) is 16.5 Å². The van der Waals surface area contributed by atoms with Gasteiger partial charge in [0.15, 0.2) is 0 Å². The summed E-state index contributed by atoms with van der Waals surface area (Å²) in [4.78, 5) is 4.43. The summed E-state index contributed by atoms with van der Waals surface area (Å²) in [5, 5.41) is 1.42. The molecule has 27 heavy (non-hydrogen) atoms. The van der Waals surface area contributed by atoms with E-state index in [4.69, 9.17) is 4.74 Å². The highest BCUT2D eigenvalue weighted by atomic mass is 32.2. The lowest BCUT2D eigenvalue weighted by Crippen LogP contribution is -2.14. The van der Waals surface area contributed by atoms with Gasteiger partial charge in [-0.1, -0.05) is 50.1 Å². The van der Waals surface area contributed by atoms with Gasteiger partial charge >= 0.3 is 0 Å². The second-order valence-corrected chi connectivity index (χ2v) is 8.08. The van der Waals surface area contributed by atoms with Crippen molar-refractivity contribution < 1.29 is 13.2 Å². The minimum Gasteiger partial charge on any atom is -0.493 e. The molecular weight excluding hydrogens is 360 g/mol. The van der Waals surface area contributed by atoms with Crippen LogP contribution in [0.3, 0.4) is 0 Å². The number of aromatic nitrogens is 1. The molecular formula is C21H24N2O3S. The third kappa shape index (κ3) is 4.57. The fourth-order valence-electron chi connectivity index (χ4n) is 2.93. The van der Waals surface area contributed by atoms with Crippen LogP contribution in [0.15, 0.2) is 59.5 Å². The lowest BCUT2D eigenvalue weighted by atomic mass is 10.1. The summed E-state index contributed by atoms with van der Waals surface area (Å²) in [6, 6.07) is 15.9. The van der Waals surface area contributed by atoms with Crippen molar-refractivity contribution in [1.29, 1.82) is 0 Å². The number of pyridine rings is 1. The first-order chi connectivity index (χ1) is 13.0. The van der Waals surface area contributed by atoms with E-state index in [-0.39, 0.29) is 4.90 Å². The maximum absolute atomic E-state index is 12.9. The van der Waals surface area contributed by atoms with E-state index in [1.54, 1.807) is 30.3 Å². The van der Waals surface area contributed by atoms with E-state index in [9.17, 15) is 8.42 Å². The molecule has 0 bridgehead atoms. The summed E-state index contributed by atoms with van der Waals surface area (Å²) in [5.41, 5.74) is 0.746. The molecule has 0 unspecified atom stereocenters. The van der Waals surface area contributed by atoms with E-state index in [2.05, 4.69) is 16.6 Å². The molecule has 2 aromatic carbocycles. The molecule has 0 radical (unpaired) electrons. The first-order valence-electron chi connectivity index (χ1n) is 9.12. The number of nitrogens with zero attached hydrogens (tertiary/aromatic N) is 1. The molecule has 0 fully saturated rings. The molecule has 0 atom stereocenters.